The Labute approximate surface area is 184 Å². The maximum Gasteiger partial charge on any atom is 0.333 e. The van der Waals surface area contributed by atoms with Crippen molar-refractivity contribution in [2.45, 2.75) is 38.3 Å². The quantitative estimate of drug-likeness (QED) is 0.610. The fraction of sp³-hybridized carbons (Fsp3) is 0.273. The van der Waals surface area contributed by atoms with Crippen molar-refractivity contribution >= 4 is 21.6 Å². The van der Waals surface area contributed by atoms with Crippen molar-refractivity contribution in [2.75, 3.05) is 11.4 Å². The fourth-order valence-electron chi connectivity index (χ4n) is 3.83. The maximum atomic E-state index is 13.1. The third-order valence-electron chi connectivity index (χ3n) is 5.61. The summed E-state index contributed by atoms with van der Waals surface area (Å²) in [5, 5.41) is 3.45. The van der Waals surface area contributed by atoms with Gasteiger partial charge in [0, 0.05) is 24.3 Å². The minimum atomic E-state index is -4.04. The lowest BCUT2D eigenvalue weighted by Gasteiger charge is -2.19. The molecule has 1 aromatic heterocycles. The number of anilines is 1. The van der Waals surface area contributed by atoms with Gasteiger partial charge in [-0.1, -0.05) is 30.3 Å². The number of aromatic nitrogens is 2. The molecular formula is C22H22F2N4O3S. The van der Waals surface area contributed by atoms with Gasteiger partial charge in [-0.3, -0.25) is 4.79 Å². The van der Waals surface area contributed by atoms with Gasteiger partial charge in [-0.05, 0) is 49.1 Å². The predicted molar refractivity (Wildman–Crippen MR) is 115 cm³/mol. The van der Waals surface area contributed by atoms with E-state index in [0.29, 0.717) is 28.8 Å². The molecule has 0 spiro atoms. The monoisotopic (exact) mass is 460 g/mol. The molecule has 0 bridgehead atoms. The topological polar surface area (TPSA) is 84.3 Å². The number of nitrogens with zero attached hydrogens (tertiary/aromatic N) is 3. The number of rotatable bonds is 6. The largest absolute Gasteiger partial charge is 0.333 e. The van der Waals surface area contributed by atoms with Crippen LogP contribution >= 0.6 is 0 Å². The van der Waals surface area contributed by atoms with E-state index in [-0.39, 0.29) is 23.0 Å². The lowest BCUT2D eigenvalue weighted by molar-refractivity contribution is 0.0541. The van der Waals surface area contributed by atoms with Gasteiger partial charge < -0.3 is 4.90 Å². The van der Waals surface area contributed by atoms with Crippen LogP contribution < -0.4 is 9.62 Å². The highest BCUT2D eigenvalue weighted by atomic mass is 32.2. The van der Waals surface area contributed by atoms with Crippen molar-refractivity contribution in [3.8, 4) is 0 Å². The van der Waals surface area contributed by atoms with Crippen LogP contribution in [0.4, 0.5) is 14.5 Å². The molecule has 0 radical (unpaired) electrons. The average molecular weight is 461 g/mol. The van der Waals surface area contributed by atoms with E-state index in [9.17, 15) is 22.0 Å². The molecule has 1 aliphatic heterocycles. The number of amides is 1. The van der Waals surface area contributed by atoms with E-state index in [1.807, 2.05) is 31.2 Å². The zero-order chi connectivity index (χ0) is 23.0. The zero-order valence-corrected chi connectivity index (χ0v) is 18.4. The van der Waals surface area contributed by atoms with Gasteiger partial charge in [0.15, 0.2) is 0 Å². The Bertz CT molecular complexity index is 1290. The lowest BCUT2D eigenvalue weighted by Crippen LogP contribution is -2.29. The van der Waals surface area contributed by atoms with Crippen molar-refractivity contribution in [2.24, 2.45) is 0 Å². The van der Waals surface area contributed by atoms with Crippen molar-refractivity contribution < 1.29 is 22.0 Å². The fourth-order valence-corrected chi connectivity index (χ4v) is 5.01. The van der Waals surface area contributed by atoms with Gasteiger partial charge in [0.05, 0.1) is 11.9 Å². The number of carbonyl (C=O) groups is 1. The van der Waals surface area contributed by atoms with E-state index in [4.69, 9.17) is 0 Å². The Morgan fingerprint density at radius 1 is 1.19 bits per heavy atom. The van der Waals surface area contributed by atoms with Crippen LogP contribution in [0, 0.1) is 13.8 Å². The SMILES string of the molecule is Cc1ccccc1C(=O)N1CCc2ccc(CNS(=O)(=O)c3cnn(C(F)F)c3C)cc21. The van der Waals surface area contributed by atoms with E-state index in [1.165, 1.54) is 6.92 Å². The van der Waals surface area contributed by atoms with Gasteiger partial charge in [-0.15, -0.1) is 0 Å². The van der Waals surface area contributed by atoms with Crippen molar-refractivity contribution in [3.63, 3.8) is 0 Å². The number of fused-ring (bicyclic) bond motifs is 1. The number of carbonyl (C=O) groups excluding carboxylic acids is 1. The molecule has 32 heavy (non-hydrogen) atoms. The third-order valence-corrected chi connectivity index (χ3v) is 7.11. The summed E-state index contributed by atoms with van der Waals surface area (Å²) in [6.45, 7) is 0.726. The van der Waals surface area contributed by atoms with Gasteiger partial charge in [0.1, 0.15) is 4.90 Å². The molecule has 4 rings (SSSR count). The number of nitrogens with one attached hydrogen (secondary N) is 1. The minimum Gasteiger partial charge on any atom is -0.308 e. The molecule has 0 unspecified atom stereocenters. The Morgan fingerprint density at radius 3 is 2.62 bits per heavy atom. The number of benzene rings is 2. The molecule has 1 amide bonds. The molecule has 0 fully saturated rings. The molecule has 3 aromatic rings. The zero-order valence-electron chi connectivity index (χ0n) is 17.5. The van der Waals surface area contributed by atoms with E-state index >= 15 is 0 Å². The summed E-state index contributed by atoms with van der Waals surface area (Å²) in [6, 6.07) is 12.8. The Kier molecular flexibility index (Phi) is 5.83. The molecule has 0 atom stereocenters. The highest BCUT2D eigenvalue weighted by Gasteiger charge is 2.27. The Balaban J connectivity index is 1.54. The van der Waals surface area contributed by atoms with Crippen molar-refractivity contribution in [1.29, 1.82) is 0 Å². The van der Waals surface area contributed by atoms with Crippen LogP contribution in [-0.2, 0) is 23.0 Å². The molecule has 1 N–H and O–H groups in total. The van der Waals surface area contributed by atoms with Crippen LogP contribution in [0.1, 0.15) is 39.3 Å². The summed E-state index contributed by atoms with van der Waals surface area (Å²) in [6.07, 6.45) is 1.63. The molecule has 0 aliphatic carbocycles. The second kappa shape index (κ2) is 8.44. The highest BCUT2D eigenvalue weighted by molar-refractivity contribution is 7.89. The molecule has 2 heterocycles. The molecule has 168 valence electrons. The van der Waals surface area contributed by atoms with E-state index < -0.39 is 16.6 Å². The molecule has 0 saturated carbocycles. The molecule has 2 aromatic carbocycles. The van der Waals surface area contributed by atoms with Crippen LogP contribution in [-0.4, -0.2) is 30.7 Å². The van der Waals surface area contributed by atoms with Gasteiger partial charge in [-0.2, -0.15) is 13.9 Å². The number of hydrogen-bond donors (Lipinski definition) is 1. The standard InChI is InChI=1S/C22H22F2N4O3S/c1-14-5-3-4-6-18(14)21(29)27-10-9-17-8-7-16(11-19(17)27)12-26-32(30,31)20-13-25-28(15(20)2)22(23)24/h3-8,11,13,22,26H,9-10,12H2,1-2H3. The summed E-state index contributed by atoms with van der Waals surface area (Å²) in [5.41, 5.74) is 3.77. The number of hydrogen-bond acceptors (Lipinski definition) is 4. The first kappa shape index (κ1) is 22.1. The van der Waals surface area contributed by atoms with Crippen LogP contribution in [0.25, 0.3) is 0 Å². The second-order valence-electron chi connectivity index (χ2n) is 7.63. The normalized spacial score (nSPS) is 13.6. The Morgan fingerprint density at radius 2 is 1.94 bits per heavy atom. The molecule has 0 saturated heterocycles. The van der Waals surface area contributed by atoms with Crippen LogP contribution in [0.2, 0.25) is 0 Å². The molecule has 1 aliphatic rings. The summed E-state index contributed by atoms with van der Waals surface area (Å²) in [5.74, 6) is -0.102. The summed E-state index contributed by atoms with van der Waals surface area (Å²) in [4.78, 5) is 14.5. The van der Waals surface area contributed by atoms with Crippen LogP contribution in [0.5, 0.6) is 0 Å². The summed E-state index contributed by atoms with van der Waals surface area (Å²) in [7, 11) is -4.04. The highest BCUT2D eigenvalue weighted by Crippen LogP contribution is 2.31. The van der Waals surface area contributed by atoms with Gasteiger partial charge in [-0.25, -0.2) is 17.8 Å². The first-order valence-electron chi connectivity index (χ1n) is 10.0. The first-order chi connectivity index (χ1) is 15.2. The van der Waals surface area contributed by atoms with E-state index in [0.717, 1.165) is 23.0 Å². The lowest BCUT2D eigenvalue weighted by atomic mass is 10.1. The predicted octanol–water partition coefficient (Wildman–Crippen LogP) is 3.58. The van der Waals surface area contributed by atoms with Crippen LogP contribution in [0.15, 0.2) is 53.6 Å². The van der Waals surface area contributed by atoms with Crippen LogP contribution in [0.3, 0.4) is 0 Å². The molecule has 10 heteroatoms. The number of aryl methyl sites for hydroxylation is 1. The number of halogens is 2. The van der Waals surface area contributed by atoms with Gasteiger partial charge >= 0.3 is 6.55 Å². The summed E-state index contributed by atoms with van der Waals surface area (Å²) < 4.78 is 53.8. The summed E-state index contributed by atoms with van der Waals surface area (Å²) >= 11 is 0. The number of sulfonamides is 1. The minimum absolute atomic E-state index is 0.0543. The number of alkyl halides is 2. The maximum absolute atomic E-state index is 13.1. The molecule has 7 nitrogen and oxygen atoms in total. The second-order valence-corrected chi connectivity index (χ2v) is 9.36. The third kappa shape index (κ3) is 4.03. The smallest absolute Gasteiger partial charge is 0.308 e. The Hall–Kier alpha value is -3.11. The van der Waals surface area contributed by atoms with Gasteiger partial charge in [0.25, 0.3) is 5.91 Å². The average Bonchev–Trinajstić information content (AvgIpc) is 3.36. The van der Waals surface area contributed by atoms with Crippen molar-refractivity contribution in [1.82, 2.24) is 14.5 Å². The van der Waals surface area contributed by atoms with Gasteiger partial charge in [0.2, 0.25) is 10.0 Å². The molecular weight excluding hydrogens is 438 g/mol. The van der Waals surface area contributed by atoms with E-state index in [1.54, 1.807) is 23.1 Å². The first-order valence-corrected chi connectivity index (χ1v) is 11.5. The van der Waals surface area contributed by atoms with Crippen molar-refractivity contribution in [3.05, 3.63) is 76.6 Å². The van der Waals surface area contributed by atoms with E-state index in [2.05, 4.69) is 9.82 Å².